The molecule has 21 heavy (non-hydrogen) atoms. The van der Waals surface area contributed by atoms with Crippen molar-refractivity contribution >= 4 is 17.6 Å². The lowest BCUT2D eigenvalue weighted by molar-refractivity contribution is -0.136. The van der Waals surface area contributed by atoms with Gasteiger partial charge >= 0.3 is 5.97 Å². The van der Waals surface area contributed by atoms with Crippen LogP contribution in [-0.2, 0) is 17.8 Å². The molecule has 1 heterocycles. The van der Waals surface area contributed by atoms with Crippen molar-refractivity contribution in [3.05, 3.63) is 53.9 Å². The summed E-state index contributed by atoms with van der Waals surface area (Å²) in [4.78, 5) is 23.0. The maximum atomic E-state index is 12.3. The van der Waals surface area contributed by atoms with Crippen LogP contribution < -0.4 is 5.32 Å². The minimum absolute atomic E-state index is 0.0596. The van der Waals surface area contributed by atoms with Gasteiger partial charge in [0.1, 0.15) is 5.69 Å². The van der Waals surface area contributed by atoms with E-state index in [0.29, 0.717) is 16.9 Å². The number of benzene rings is 1. The lowest BCUT2D eigenvalue weighted by Gasteiger charge is -2.09. The highest BCUT2D eigenvalue weighted by Gasteiger charge is 2.11. The van der Waals surface area contributed by atoms with Gasteiger partial charge in [-0.05, 0) is 36.2 Å². The molecule has 0 radical (unpaired) electrons. The van der Waals surface area contributed by atoms with Crippen LogP contribution in [0.15, 0.2) is 42.6 Å². The van der Waals surface area contributed by atoms with E-state index in [1.165, 1.54) is 0 Å². The van der Waals surface area contributed by atoms with Crippen LogP contribution in [0.2, 0.25) is 0 Å². The second-order valence-electron chi connectivity index (χ2n) is 4.81. The summed E-state index contributed by atoms with van der Waals surface area (Å²) in [6.07, 6.45) is 2.76. The van der Waals surface area contributed by atoms with Gasteiger partial charge in [-0.25, -0.2) is 0 Å². The molecule has 1 amide bonds. The largest absolute Gasteiger partial charge is 0.481 e. The first kappa shape index (κ1) is 14.8. The number of rotatable bonds is 6. The molecule has 1 aromatic carbocycles. The highest BCUT2D eigenvalue weighted by atomic mass is 16.4. The molecule has 1 aromatic heterocycles. The van der Waals surface area contributed by atoms with Crippen molar-refractivity contribution < 1.29 is 14.7 Å². The smallest absolute Gasteiger partial charge is 0.307 e. The summed E-state index contributed by atoms with van der Waals surface area (Å²) < 4.78 is 1.90. The van der Waals surface area contributed by atoms with Gasteiger partial charge in [0.2, 0.25) is 0 Å². The number of hydrogen-bond donors (Lipinski definition) is 2. The van der Waals surface area contributed by atoms with Gasteiger partial charge in [-0.2, -0.15) is 0 Å². The molecule has 0 spiro atoms. The van der Waals surface area contributed by atoms with E-state index in [4.69, 9.17) is 5.11 Å². The van der Waals surface area contributed by atoms with E-state index in [9.17, 15) is 9.59 Å². The van der Waals surface area contributed by atoms with Crippen LogP contribution in [0, 0.1) is 0 Å². The van der Waals surface area contributed by atoms with E-state index in [1.807, 2.05) is 16.8 Å². The number of carbonyl (C=O) groups excluding carboxylic acids is 1. The first-order valence-corrected chi connectivity index (χ1v) is 6.87. The number of nitrogens with one attached hydrogen (secondary N) is 1. The summed E-state index contributed by atoms with van der Waals surface area (Å²) in [5, 5.41) is 11.6. The van der Waals surface area contributed by atoms with Crippen LogP contribution >= 0.6 is 0 Å². The third kappa shape index (κ3) is 3.95. The molecule has 0 atom stereocenters. The highest BCUT2D eigenvalue weighted by molar-refractivity contribution is 6.03. The summed E-state index contributed by atoms with van der Waals surface area (Å²) in [5.74, 6) is -1.09. The number of anilines is 1. The Morgan fingerprint density at radius 1 is 1.24 bits per heavy atom. The Balaban J connectivity index is 2.12. The molecule has 5 heteroatoms. The van der Waals surface area contributed by atoms with Gasteiger partial charge < -0.3 is 15.0 Å². The minimum Gasteiger partial charge on any atom is -0.481 e. The molecule has 0 saturated heterocycles. The zero-order valence-electron chi connectivity index (χ0n) is 11.9. The number of carbonyl (C=O) groups is 2. The van der Waals surface area contributed by atoms with Crippen molar-refractivity contribution in [1.29, 1.82) is 0 Å². The minimum atomic E-state index is -0.893. The molecule has 0 unspecified atom stereocenters. The van der Waals surface area contributed by atoms with Gasteiger partial charge in [0.25, 0.3) is 5.91 Å². The van der Waals surface area contributed by atoms with Gasteiger partial charge in [-0.3, -0.25) is 9.59 Å². The van der Waals surface area contributed by atoms with Crippen LogP contribution in [-0.4, -0.2) is 21.6 Å². The molecular formula is C16H18N2O3. The third-order valence-electron chi connectivity index (χ3n) is 3.07. The number of aromatic nitrogens is 1. The van der Waals surface area contributed by atoms with E-state index in [1.54, 1.807) is 30.3 Å². The molecule has 5 nitrogen and oxygen atoms in total. The number of aryl methyl sites for hydroxylation is 1. The average molecular weight is 286 g/mol. The Kier molecular flexibility index (Phi) is 4.77. The highest BCUT2D eigenvalue weighted by Crippen LogP contribution is 2.13. The number of aliphatic carboxylic acids is 1. The van der Waals surface area contributed by atoms with E-state index in [-0.39, 0.29) is 12.3 Å². The molecule has 0 aliphatic rings. The Morgan fingerprint density at radius 3 is 2.76 bits per heavy atom. The molecular weight excluding hydrogens is 268 g/mol. The van der Waals surface area contributed by atoms with E-state index >= 15 is 0 Å². The summed E-state index contributed by atoms with van der Waals surface area (Å²) in [6, 6.07) is 10.5. The molecule has 0 bridgehead atoms. The SMILES string of the molecule is CCCn1cccc1C(=O)Nc1cccc(CC(=O)O)c1. The zero-order chi connectivity index (χ0) is 15.2. The maximum absolute atomic E-state index is 12.3. The number of amides is 1. The predicted octanol–water partition coefficient (Wildman–Crippen LogP) is 2.78. The summed E-state index contributed by atoms with van der Waals surface area (Å²) in [6.45, 7) is 2.84. The van der Waals surface area contributed by atoms with Crippen molar-refractivity contribution in [2.75, 3.05) is 5.32 Å². The second kappa shape index (κ2) is 6.74. The van der Waals surface area contributed by atoms with E-state index in [0.717, 1.165) is 13.0 Å². The van der Waals surface area contributed by atoms with Crippen LogP contribution in [0.5, 0.6) is 0 Å². The van der Waals surface area contributed by atoms with Gasteiger partial charge in [-0.15, -0.1) is 0 Å². The zero-order valence-corrected chi connectivity index (χ0v) is 11.9. The number of hydrogen-bond acceptors (Lipinski definition) is 2. The molecule has 0 aliphatic heterocycles. The lowest BCUT2D eigenvalue weighted by Crippen LogP contribution is -2.17. The monoisotopic (exact) mass is 286 g/mol. The van der Waals surface area contributed by atoms with Crippen molar-refractivity contribution in [1.82, 2.24) is 4.57 Å². The summed E-state index contributed by atoms with van der Waals surface area (Å²) >= 11 is 0. The molecule has 0 fully saturated rings. The number of carboxylic acids is 1. The van der Waals surface area contributed by atoms with Crippen LogP contribution in [0.1, 0.15) is 29.4 Å². The lowest BCUT2D eigenvalue weighted by atomic mass is 10.1. The standard InChI is InChI=1S/C16H18N2O3/c1-2-8-18-9-4-7-14(18)16(21)17-13-6-3-5-12(10-13)11-15(19)20/h3-7,9-10H,2,8,11H2,1H3,(H,17,21)(H,19,20). The molecule has 0 aliphatic carbocycles. The fourth-order valence-electron chi connectivity index (χ4n) is 2.18. The second-order valence-corrected chi connectivity index (χ2v) is 4.81. The predicted molar refractivity (Wildman–Crippen MR) is 80.5 cm³/mol. The molecule has 2 N–H and O–H groups in total. The van der Waals surface area contributed by atoms with Gasteiger partial charge in [0, 0.05) is 18.4 Å². The molecule has 2 aromatic rings. The van der Waals surface area contributed by atoms with Crippen molar-refractivity contribution in [3.8, 4) is 0 Å². The van der Waals surface area contributed by atoms with Crippen molar-refractivity contribution in [2.24, 2.45) is 0 Å². The first-order valence-electron chi connectivity index (χ1n) is 6.87. The normalized spacial score (nSPS) is 10.3. The average Bonchev–Trinajstić information content (AvgIpc) is 2.87. The molecule has 110 valence electrons. The first-order chi connectivity index (χ1) is 10.1. The Hall–Kier alpha value is -2.56. The maximum Gasteiger partial charge on any atom is 0.307 e. The topological polar surface area (TPSA) is 71.3 Å². The molecule has 2 rings (SSSR count). The van der Waals surface area contributed by atoms with Gasteiger partial charge in [0.05, 0.1) is 6.42 Å². The van der Waals surface area contributed by atoms with Gasteiger partial charge in [-0.1, -0.05) is 19.1 Å². The van der Waals surface area contributed by atoms with Crippen molar-refractivity contribution in [3.63, 3.8) is 0 Å². The number of nitrogens with zero attached hydrogens (tertiary/aromatic N) is 1. The summed E-state index contributed by atoms with van der Waals surface area (Å²) in [7, 11) is 0. The van der Waals surface area contributed by atoms with Crippen LogP contribution in [0.25, 0.3) is 0 Å². The quantitative estimate of drug-likeness (QED) is 0.857. The number of carboxylic acid groups (broad SMARTS) is 1. The van der Waals surface area contributed by atoms with E-state index in [2.05, 4.69) is 12.2 Å². The Bertz CT molecular complexity index is 646. The fraction of sp³-hybridized carbons (Fsp3) is 0.250. The van der Waals surface area contributed by atoms with Crippen LogP contribution in [0.4, 0.5) is 5.69 Å². The van der Waals surface area contributed by atoms with Crippen LogP contribution in [0.3, 0.4) is 0 Å². The van der Waals surface area contributed by atoms with Crippen molar-refractivity contribution in [2.45, 2.75) is 26.3 Å². The van der Waals surface area contributed by atoms with E-state index < -0.39 is 5.97 Å². The fourth-order valence-corrected chi connectivity index (χ4v) is 2.18. The van der Waals surface area contributed by atoms with Gasteiger partial charge in [0.15, 0.2) is 0 Å². The third-order valence-corrected chi connectivity index (χ3v) is 3.07. The molecule has 0 saturated carbocycles. The summed E-state index contributed by atoms with van der Waals surface area (Å²) in [5.41, 5.74) is 1.85. The Labute approximate surface area is 123 Å². The Morgan fingerprint density at radius 2 is 2.05 bits per heavy atom.